The average Bonchev–Trinajstić information content (AvgIpc) is 2.48. The van der Waals surface area contributed by atoms with E-state index in [0.29, 0.717) is 0 Å². The Morgan fingerprint density at radius 1 is 0.824 bits per heavy atom. The van der Waals surface area contributed by atoms with E-state index in [2.05, 4.69) is 38.1 Å². The van der Waals surface area contributed by atoms with Crippen molar-refractivity contribution in [1.82, 2.24) is 0 Å². The maximum Gasteiger partial charge on any atom is 0 e. The van der Waals surface area contributed by atoms with E-state index in [-0.39, 0.29) is 22.5 Å². The molecule has 0 amide bonds. The van der Waals surface area contributed by atoms with Crippen molar-refractivity contribution in [1.29, 1.82) is 0 Å². The van der Waals surface area contributed by atoms with Gasteiger partial charge in [0.25, 0.3) is 5.16 Å². The Morgan fingerprint density at radius 3 is 1.00 bits per heavy atom. The van der Waals surface area contributed by atoms with Crippen LogP contribution in [-0.2, 0) is 40.6 Å². The van der Waals surface area contributed by atoms with Crippen LogP contribution in [0.3, 0.4) is 0 Å². The molecule has 0 aromatic carbocycles. The van der Waals surface area contributed by atoms with Gasteiger partial charge in [0.15, 0.2) is 0 Å². The first-order valence-corrected chi connectivity index (χ1v) is 2.98. The molecule has 0 heterocycles. The Balaban J connectivity index is -0.0000000158. The zero-order chi connectivity index (χ0) is 15.0. The van der Waals surface area contributed by atoms with Crippen LogP contribution in [0.4, 0.5) is 0 Å². The van der Waals surface area contributed by atoms with Crippen molar-refractivity contribution in [3.63, 3.8) is 0 Å². The van der Waals surface area contributed by atoms with Crippen LogP contribution in [-0.4, -0.2) is 0 Å². The van der Waals surface area contributed by atoms with Crippen LogP contribution in [0, 0.1) is 39.8 Å². The van der Waals surface area contributed by atoms with E-state index in [1.807, 2.05) is 0 Å². The largest absolute Gasteiger partial charge is 0 e. The molecule has 0 N–H and O–H groups in total. The third-order valence-corrected chi connectivity index (χ3v) is 0.709. The molecule has 0 spiro atoms. The van der Waals surface area contributed by atoms with Gasteiger partial charge in [0, 0.05) is 22.9 Å². The van der Waals surface area contributed by atoms with Crippen molar-refractivity contribution in [3.8, 4) is 0 Å². The molecule has 0 aliphatic heterocycles. The number of rotatable bonds is 0. The molecule has 0 aliphatic rings. The number of halogens is 2. The maximum absolute atomic E-state index is 7.50. The zero-order valence-corrected chi connectivity index (χ0v) is 10.5. The molecule has 0 saturated carbocycles. The van der Waals surface area contributed by atoms with Crippen molar-refractivity contribution >= 4 is 23.2 Å². The SMILES string of the molecule is [C-]#[N+]/C(Cl)=C\Cl.[C-]#[O+].[C-]#[O+].[C-]#[O+].[C-]#[O+].[C-]#[O+].[Cr]. The van der Waals surface area contributed by atoms with E-state index in [9.17, 15) is 0 Å². The van der Waals surface area contributed by atoms with Gasteiger partial charge in [-0.15, -0.1) is 23.2 Å². The number of nitrogens with zero attached hydrogens (tertiary/aromatic N) is 1. The molecule has 9 heteroatoms. The molecule has 0 bridgehead atoms. The molecule has 0 rings (SSSR count). The molecule has 0 saturated heterocycles. The molecular formula is C8HCl2CrNO5. The molecule has 0 aromatic rings. The maximum atomic E-state index is 7.50. The zero-order valence-electron chi connectivity index (χ0n) is 7.73. The summed E-state index contributed by atoms with van der Waals surface area (Å²) >= 11 is 9.97. The minimum atomic E-state index is -0.00309. The van der Waals surface area contributed by atoms with Crippen LogP contribution in [0.2, 0.25) is 0 Å². The molecular weight excluding hydrogens is 313 g/mol. The van der Waals surface area contributed by atoms with E-state index >= 15 is 0 Å². The van der Waals surface area contributed by atoms with Gasteiger partial charge in [-0.25, -0.2) is 4.85 Å². The second-order valence-corrected chi connectivity index (χ2v) is 1.15. The molecule has 88 valence electrons. The predicted octanol–water partition coefficient (Wildman–Crippen LogP) is 1.99. The second-order valence-electron chi connectivity index (χ2n) is 0.544. The van der Waals surface area contributed by atoms with E-state index in [1.54, 1.807) is 0 Å². The van der Waals surface area contributed by atoms with Gasteiger partial charge in [0.05, 0.1) is 6.57 Å². The van der Waals surface area contributed by atoms with Gasteiger partial charge >= 0.3 is 56.5 Å². The average molecular weight is 314 g/mol. The Labute approximate surface area is 119 Å². The van der Waals surface area contributed by atoms with E-state index in [1.165, 1.54) is 0 Å². The van der Waals surface area contributed by atoms with Crippen molar-refractivity contribution < 1.29 is 40.6 Å². The van der Waals surface area contributed by atoms with Crippen LogP contribution in [0.25, 0.3) is 4.85 Å². The van der Waals surface area contributed by atoms with Crippen molar-refractivity contribution in [3.05, 3.63) is 55.4 Å². The van der Waals surface area contributed by atoms with Gasteiger partial charge in [-0.2, -0.15) is 0 Å². The third kappa shape index (κ3) is 276. The fraction of sp³-hybridized carbons (Fsp3) is 0. The van der Waals surface area contributed by atoms with Gasteiger partial charge in [-0.1, -0.05) is 0 Å². The molecule has 0 fully saturated rings. The monoisotopic (exact) mass is 313 g/mol. The molecule has 0 radical (unpaired) electrons. The molecule has 6 nitrogen and oxygen atoms in total. The number of hydrogen-bond acceptors (Lipinski definition) is 0. The Hall–Kier alpha value is -0.958. The van der Waals surface area contributed by atoms with Crippen molar-refractivity contribution in [2.75, 3.05) is 0 Å². The summed E-state index contributed by atoms with van der Waals surface area (Å²) in [6, 6.07) is 0. The van der Waals surface area contributed by atoms with Crippen LogP contribution in [0.5, 0.6) is 0 Å². The van der Waals surface area contributed by atoms with E-state index < -0.39 is 0 Å². The molecule has 0 atom stereocenters. The normalized spacial score (nSPS) is 4.29. The predicted molar refractivity (Wildman–Crippen MR) is 46.0 cm³/mol. The van der Waals surface area contributed by atoms with Crippen LogP contribution in [0.15, 0.2) is 10.7 Å². The minimum absolute atomic E-state index is 0. The Bertz CT molecular complexity index is 240. The van der Waals surface area contributed by atoms with Crippen LogP contribution < -0.4 is 0 Å². The van der Waals surface area contributed by atoms with E-state index in [4.69, 9.17) is 53.0 Å². The van der Waals surface area contributed by atoms with Crippen LogP contribution in [0.1, 0.15) is 0 Å². The summed E-state index contributed by atoms with van der Waals surface area (Å²) in [5.74, 6) is 0. The van der Waals surface area contributed by atoms with Gasteiger partial charge in [-0.3, -0.25) is 0 Å². The van der Waals surface area contributed by atoms with Gasteiger partial charge < -0.3 is 0 Å². The fourth-order valence-corrected chi connectivity index (χ4v) is 0.0732. The van der Waals surface area contributed by atoms with Gasteiger partial charge in [0.2, 0.25) is 0 Å². The standard InChI is InChI=1S/C3HCl2N.5CO.Cr/c1-6-3(5)2-4;5*1-2;/h2H;;;;;;/b3-2-;;;;;;. The minimum Gasteiger partial charge on any atom is 0 e. The summed E-state index contributed by atoms with van der Waals surface area (Å²) in [5.41, 5.74) is 1.02. The second kappa shape index (κ2) is 182. The Morgan fingerprint density at radius 2 is 1.00 bits per heavy atom. The van der Waals surface area contributed by atoms with Gasteiger partial charge in [-0.05, 0) is 0 Å². The topological polar surface area (TPSA) is 104 Å². The molecule has 0 unspecified atom stereocenters. The first-order valence-electron chi connectivity index (χ1n) is 2.16. The summed E-state index contributed by atoms with van der Waals surface area (Å²) in [4.78, 5) is 2.75. The quantitative estimate of drug-likeness (QED) is 0.371. The van der Waals surface area contributed by atoms with E-state index in [0.717, 1.165) is 5.54 Å². The molecule has 0 aromatic heterocycles. The summed E-state index contributed by atoms with van der Waals surface area (Å²) in [5, 5.41) is -0.00309. The first-order chi connectivity index (χ1) is 7.81. The Kier molecular flexibility index (Phi) is 474. The third-order valence-electron chi connectivity index (χ3n) is 0.197. The molecule has 0 aliphatic carbocycles. The van der Waals surface area contributed by atoms with Crippen LogP contribution >= 0.6 is 23.2 Å². The summed E-state index contributed by atoms with van der Waals surface area (Å²) in [6.07, 6.45) is 0. The number of hydrogen-bond donors (Lipinski definition) is 0. The van der Waals surface area contributed by atoms with Crippen molar-refractivity contribution in [2.45, 2.75) is 0 Å². The summed E-state index contributed by atoms with van der Waals surface area (Å²) in [7, 11) is 0. The smallest absolute Gasteiger partial charge is 0 e. The van der Waals surface area contributed by atoms with Gasteiger partial charge in [0.1, 0.15) is 0 Å². The summed E-state index contributed by atoms with van der Waals surface area (Å²) in [6.45, 7) is 28.6. The first kappa shape index (κ1) is 44.4. The summed E-state index contributed by atoms with van der Waals surface area (Å²) < 4.78 is 37.5. The molecule has 17 heavy (non-hydrogen) atoms. The van der Waals surface area contributed by atoms with Crippen molar-refractivity contribution in [2.24, 2.45) is 0 Å². The fourth-order valence-electron chi connectivity index (χ4n) is 0.0244.